The molecule has 0 aliphatic heterocycles. The highest BCUT2D eigenvalue weighted by Crippen LogP contribution is 2.34. The van der Waals surface area contributed by atoms with Crippen molar-refractivity contribution in [3.05, 3.63) is 58.6 Å². The van der Waals surface area contributed by atoms with E-state index in [9.17, 15) is 13.6 Å². The Bertz CT molecular complexity index is 910. The number of hydrazone groups is 1. The lowest BCUT2D eigenvalue weighted by atomic mass is 10.1. The summed E-state index contributed by atoms with van der Waals surface area (Å²) in [6.07, 6.45) is 0. The van der Waals surface area contributed by atoms with Gasteiger partial charge in [0, 0.05) is 41.8 Å². The van der Waals surface area contributed by atoms with E-state index in [0.717, 1.165) is 12.1 Å². The van der Waals surface area contributed by atoms with E-state index in [1.807, 2.05) is 0 Å². The number of rotatable bonds is 6. The Labute approximate surface area is 166 Å². The van der Waals surface area contributed by atoms with E-state index in [0.29, 0.717) is 33.8 Å². The highest BCUT2D eigenvalue weighted by Gasteiger charge is 2.16. The maximum atomic E-state index is 13.3. The number of nitrogens with zero attached hydrogens (tertiary/aromatic N) is 2. The molecule has 2 rings (SSSR count). The monoisotopic (exact) mass is 408 g/mol. The number of urea groups is 1. The average Bonchev–Trinajstić information content (AvgIpc) is 2.60. The summed E-state index contributed by atoms with van der Waals surface area (Å²) in [4.78, 5) is 12.2. The molecular formula is C19H19ClF2N4O2. The lowest BCUT2D eigenvalue weighted by Gasteiger charge is -2.21. The van der Waals surface area contributed by atoms with Crippen LogP contribution in [0, 0.1) is 11.6 Å². The van der Waals surface area contributed by atoms with Gasteiger partial charge in [0.25, 0.3) is 0 Å². The number of hydrogen-bond acceptors (Lipinski definition) is 4. The van der Waals surface area contributed by atoms with Crippen LogP contribution in [0.2, 0.25) is 0 Å². The predicted octanol–water partition coefficient (Wildman–Crippen LogP) is 5.09. The maximum Gasteiger partial charge on any atom is 0.323 e. The molecule has 0 heterocycles. The first-order valence-corrected chi connectivity index (χ1v) is 8.42. The summed E-state index contributed by atoms with van der Waals surface area (Å²) < 4.78 is 31.9. The van der Waals surface area contributed by atoms with Crippen molar-refractivity contribution in [2.24, 2.45) is 5.10 Å². The second kappa shape index (κ2) is 9.18. The molecule has 0 aliphatic carbocycles. The van der Waals surface area contributed by atoms with Crippen molar-refractivity contribution in [1.29, 1.82) is 0 Å². The molecule has 0 saturated carbocycles. The number of halogens is 3. The summed E-state index contributed by atoms with van der Waals surface area (Å²) in [5.41, 5.74) is 1.49. The van der Waals surface area contributed by atoms with Crippen LogP contribution in [0.1, 0.15) is 12.5 Å². The van der Waals surface area contributed by atoms with E-state index in [4.69, 9.17) is 16.3 Å². The molecule has 2 aromatic carbocycles. The summed E-state index contributed by atoms with van der Waals surface area (Å²) in [5, 5.41) is 10.7. The van der Waals surface area contributed by atoms with Crippen LogP contribution in [0.25, 0.3) is 5.70 Å². The molecule has 0 aliphatic rings. The number of methoxy groups -OCH3 is 1. The second-order valence-corrected chi connectivity index (χ2v) is 6.27. The van der Waals surface area contributed by atoms with Gasteiger partial charge in [0.2, 0.25) is 0 Å². The number of nitrogens with one attached hydrogen (secondary N) is 2. The topological polar surface area (TPSA) is 66.0 Å². The number of carbonyl (C=O) groups is 1. The molecule has 0 spiro atoms. The highest BCUT2D eigenvalue weighted by molar-refractivity contribution is 6.32. The fourth-order valence-corrected chi connectivity index (χ4v) is 2.77. The molecule has 9 heteroatoms. The van der Waals surface area contributed by atoms with E-state index in [2.05, 4.69) is 22.5 Å². The maximum absolute atomic E-state index is 13.3. The van der Waals surface area contributed by atoms with Crippen LogP contribution in [-0.2, 0) is 0 Å². The van der Waals surface area contributed by atoms with Gasteiger partial charge < -0.3 is 15.4 Å². The van der Waals surface area contributed by atoms with Crippen molar-refractivity contribution in [3.63, 3.8) is 0 Å². The fraction of sp³-hybridized carbons (Fsp3) is 0.158. The molecule has 0 unspecified atom stereocenters. The predicted molar refractivity (Wildman–Crippen MR) is 108 cm³/mol. The third-order valence-corrected chi connectivity index (χ3v) is 3.87. The SMILES string of the molecule is C=NN(C)/C(=C(\C)Cl)c1cc(NC(=O)Nc2cc(F)cc(F)c2)ccc1OC. The molecule has 0 bridgehead atoms. The van der Waals surface area contributed by atoms with Crippen LogP contribution in [0.5, 0.6) is 5.75 Å². The van der Waals surface area contributed by atoms with Crippen LogP contribution >= 0.6 is 11.6 Å². The van der Waals surface area contributed by atoms with Crippen molar-refractivity contribution in [2.75, 3.05) is 24.8 Å². The molecule has 0 atom stereocenters. The van der Waals surface area contributed by atoms with E-state index in [1.54, 1.807) is 32.2 Å². The lowest BCUT2D eigenvalue weighted by molar-refractivity contribution is 0.262. The van der Waals surface area contributed by atoms with Gasteiger partial charge in [-0.15, -0.1) is 0 Å². The first-order valence-electron chi connectivity index (χ1n) is 8.04. The summed E-state index contributed by atoms with van der Waals surface area (Å²) in [6, 6.07) is 6.93. The zero-order chi connectivity index (χ0) is 20.8. The van der Waals surface area contributed by atoms with Gasteiger partial charge >= 0.3 is 6.03 Å². The molecule has 2 amide bonds. The minimum Gasteiger partial charge on any atom is -0.496 e. The number of ether oxygens (including phenoxy) is 1. The molecule has 0 radical (unpaired) electrons. The van der Waals surface area contributed by atoms with Gasteiger partial charge in [-0.3, -0.25) is 5.01 Å². The number of hydrogen-bond donors (Lipinski definition) is 2. The third-order valence-electron chi connectivity index (χ3n) is 3.69. The summed E-state index contributed by atoms with van der Waals surface area (Å²) in [5.74, 6) is -1.09. The summed E-state index contributed by atoms with van der Waals surface area (Å²) in [7, 11) is 3.17. The molecule has 2 aromatic rings. The Kier molecular flexibility index (Phi) is 6.94. The van der Waals surface area contributed by atoms with Gasteiger partial charge in [0.05, 0.1) is 12.8 Å². The normalized spacial score (nSPS) is 11.4. The van der Waals surface area contributed by atoms with Crippen LogP contribution in [-0.4, -0.2) is 31.9 Å². The Balaban J connectivity index is 2.30. The van der Waals surface area contributed by atoms with Crippen molar-refractivity contribution < 1.29 is 18.3 Å². The van der Waals surface area contributed by atoms with Gasteiger partial charge in [0.1, 0.15) is 17.4 Å². The quantitative estimate of drug-likeness (QED) is 0.516. The van der Waals surface area contributed by atoms with Crippen LogP contribution in [0.15, 0.2) is 46.5 Å². The van der Waals surface area contributed by atoms with Gasteiger partial charge in [-0.25, -0.2) is 13.6 Å². The summed E-state index contributed by atoms with van der Waals surface area (Å²) >= 11 is 6.20. The number of carbonyl (C=O) groups excluding carboxylic acids is 1. The van der Waals surface area contributed by atoms with E-state index in [-0.39, 0.29) is 5.69 Å². The molecule has 28 heavy (non-hydrogen) atoms. The molecule has 0 saturated heterocycles. The Morgan fingerprint density at radius 1 is 1.14 bits per heavy atom. The molecule has 0 fully saturated rings. The summed E-state index contributed by atoms with van der Waals surface area (Å²) in [6.45, 7) is 5.16. The van der Waals surface area contributed by atoms with Gasteiger partial charge in [-0.2, -0.15) is 5.10 Å². The third kappa shape index (κ3) is 5.20. The fourth-order valence-electron chi connectivity index (χ4n) is 2.54. The highest BCUT2D eigenvalue weighted by atomic mass is 35.5. The minimum atomic E-state index is -0.797. The van der Waals surface area contributed by atoms with Gasteiger partial charge in [0.15, 0.2) is 0 Å². The van der Waals surface area contributed by atoms with Gasteiger partial charge in [-0.1, -0.05) is 11.6 Å². The van der Waals surface area contributed by atoms with Crippen molar-refractivity contribution >= 4 is 41.4 Å². The van der Waals surface area contributed by atoms with Crippen molar-refractivity contribution in [2.45, 2.75) is 6.92 Å². The first kappa shape index (κ1) is 21.2. The van der Waals surface area contributed by atoms with Gasteiger partial charge in [-0.05, 0) is 37.3 Å². The van der Waals surface area contributed by atoms with Crippen LogP contribution in [0.3, 0.4) is 0 Å². The van der Waals surface area contributed by atoms with E-state index in [1.165, 1.54) is 12.1 Å². The van der Waals surface area contributed by atoms with Crippen LogP contribution < -0.4 is 15.4 Å². The second-order valence-electron chi connectivity index (χ2n) is 5.70. The number of amides is 2. The molecule has 2 N–H and O–H groups in total. The zero-order valence-corrected chi connectivity index (χ0v) is 16.3. The zero-order valence-electron chi connectivity index (χ0n) is 15.5. The Morgan fingerprint density at radius 3 is 2.29 bits per heavy atom. The largest absolute Gasteiger partial charge is 0.496 e. The average molecular weight is 409 g/mol. The van der Waals surface area contributed by atoms with Crippen molar-refractivity contribution in [1.82, 2.24) is 5.01 Å². The smallest absolute Gasteiger partial charge is 0.323 e. The Hall–Kier alpha value is -3.13. The lowest BCUT2D eigenvalue weighted by Crippen LogP contribution is -2.20. The number of anilines is 2. The molecular weight excluding hydrogens is 390 g/mol. The number of benzene rings is 2. The molecule has 148 valence electrons. The minimum absolute atomic E-state index is 0.0171. The standard InChI is InChI=1S/C19H19ClF2N4O2/c1-11(20)18(26(3)23-2)16-10-14(5-6-17(16)28-4)24-19(27)25-15-8-12(21)7-13(22)9-15/h5-10H,2H2,1,3-4H3,(H2,24,25,27)/b18-11+. The molecule has 0 aromatic heterocycles. The van der Waals surface area contributed by atoms with Crippen LogP contribution in [0.4, 0.5) is 25.0 Å². The number of allylic oxidation sites excluding steroid dienone is 1. The van der Waals surface area contributed by atoms with Crippen molar-refractivity contribution in [3.8, 4) is 5.75 Å². The Morgan fingerprint density at radius 2 is 1.75 bits per heavy atom. The molecule has 6 nitrogen and oxygen atoms in total. The first-order chi connectivity index (χ1) is 13.2. The van der Waals surface area contributed by atoms with E-state index < -0.39 is 17.7 Å². The van der Waals surface area contributed by atoms with E-state index >= 15 is 0 Å².